The highest BCUT2D eigenvalue weighted by Gasteiger charge is 2.24. The number of ketones is 1. The maximum absolute atomic E-state index is 12.6. The molecular weight excluding hydrogens is 464 g/mol. The lowest BCUT2D eigenvalue weighted by Gasteiger charge is -2.24. The average Bonchev–Trinajstić information content (AvgIpc) is 2.85. The predicted molar refractivity (Wildman–Crippen MR) is 148 cm³/mol. The Morgan fingerprint density at radius 3 is 1.68 bits per heavy atom. The summed E-state index contributed by atoms with van der Waals surface area (Å²) in [5.74, 6) is 1.90. The van der Waals surface area contributed by atoms with E-state index in [9.17, 15) is 4.79 Å². The summed E-state index contributed by atoms with van der Waals surface area (Å²) in [7, 11) is 0. The Bertz CT molecular complexity index is 1340. The molecule has 0 fully saturated rings. The Labute approximate surface area is 219 Å². The normalized spacial score (nSPS) is 11.1. The highest BCUT2D eigenvalue weighted by molar-refractivity contribution is 5.97. The number of carbonyl (C=O) groups is 1. The summed E-state index contributed by atoms with van der Waals surface area (Å²) in [5.41, 5.74) is 6.08. The average molecular weight is 497 g/mol. The molecule has 0 saturated carbocycles. The molecule has 0 aliphatic heterocycles. The summed E-state index contributed by atoms with van der Waals surface area (Å²) in [4.78, 5) is 12.6. The number of hydrogen-bond acceptors (Lipinski definition) is 5. The van der Waals surface area contributed by atoms with Crippen molar-refractivity contribution in [2.24, 2.45) is 0 Å². The van der Waals surface area contributed by atoms with Gasteiger partial charge in [0.1, 0.15) is 11.5 Å². The van der Waals surface area contributed by atoms with Crippen molar-refractivity contribution in [3.8, 4) is 23.0 Å². The van der Waals surface area contributed by atoms with Crippen LogP contribution in [0.25, 0.3) is 0 Å². The maximum Gasteiger partial charge on any atom is 0.169 e. The third-order valence-corrected chi connectivity index (χ3v) is 5.95. The third-order valence-electron chi connectivity index (χ3n) is 5.95. The van der Waals surface area contributed by atoms with Gasteiger partial charge in [0, 0.05) is 5.92 Å². The lowest BCUT2D eigenvalue weighted by Crippen LogP contribution is -2.09. The molecule has 0 aliphatic carbocycles. The lowest BCUT2D eigenvalue weighted by atomic mass is 9.82. The molecule has 190 valence electrons. The first kappa shape index (κ1) is 27.1. The molecule has 5 nitrogen and oxygen atoms in total. The molecule has 3 aromatic rings. The van der Waals surface area contributed by atoms with E-state index < -0.39 is 0 Å². The van der Waals surface area contributed by atoms with Crippen molar-refractivity contribution in [2.45, 2.75) is 33.6 Å². The van der Waals surface area contributed by atoms with Gasteiger partial charge < -0.3 is 18.9 Å². The summed E-state index contributed by atoms with van der Waals surface area (Å²) in [6.07, 6.45) is 5.44. The first-order valence-electron chi connectivity index (χ1n) is 11.8. The van der Waals surface area contributed by atoms with Crippen LogP contribution in [0.1, 0.15) is 56.6 Å². The third kappa shape index (κ3) is 5.84. The van der Waals surface area contributed by atoms with Gasteiger partial charge in [-0.25, -0.2) is 0 Å². The van der Waals surface area contributed by atoms with Crippen molar-refractivity contribution in [1.29, 1.82) is 0 Å². The quantitative estimate of drug-likeness (QED) is 0.144. The molecule has 1 unspecified atom stereocenters. The van der Waals surface area contributed by atoms with Crippen molar-refractivity contribution >= 4 is 5.78 Å². The van der Waals surface area contributed by atoms with E-state index in [0.717, 1.165) is 39.1 Å². The lowest BCUT2D eigenvalue weighted by molar-refractivity contribution is 0.101. The van der Waals surface area contributed by atoms with Gasteiger partial charge >= 0.3 is 0 Å². The summed E-state index contributed by atoms with van der Waals surface area (Å²) in [6, 6.07) is 13.8. The van der Waals surface area contributed by atoms with Crippen LogP contribution in [-0.2, 0) is 0 Å². The highest BCUT2D eigenvalue weighted by atomic mass is 16.5. The fourth-order valence-corrected chi connectivity index (χ4v) is 4.54. The Morgan fingerprint density at radius 1 is 0.649 bits per heavy atom. The second-order valence-electron chi connectivity index (χ2n) is 8.53. The zero-order valence-corrected chi connectivity index (χ0v) is 21.8. The van der Waals surface area contributed by atoms with Crippen LogP contribution in [0.4, 0.5) is 0 Å². The van der Waals surface area contributed by atoms with Crippen molar-refractivity contribution in [2.75, 3.05) is 0 Å². The van der Waals surface area contributed by atoms with E-state index in [0.29, 0.717) is 22.8 Å². The van der Waals surface area contributed by atoms with Crippen LogP contribution >= 0.6 is 0 Å². The van der Waals surface area contributed by atoms with Crippen LogP contribution in [0.3, 0.4) is 0 Å². The summed E-state index contributed by atoms with van der Waals surface area (Å²) >= 11 is 0. The molecule has 0 radical (unpaired) electrons. The fourth-order valence-electron chi connectivity index (χ4n) is 4.54. The number of hydrogen-bond donors (Lipinski definition) is 0. The van der Waals surface area contributed by atoms with E-state index >= 15 is 0 Å². The van der Waals surface area contributed by atoms with Gasteiger partial charge in [-0.1, -0.05) is 50.6 Å². The highest BCUT2D eigenvalue weighted by Crippen LogP contribution is 2.41. The molecule has 0 N–H and O–H groups in total. The molecule has 0 saturated heterocycles. The van der Waals surface area contributed by atoms with Crippen molar-refractivity contribution in [3.05, 3.63) is 133 Å². The second kappa shape index (κ2) is 12.0. The first-order valence-corrected chi connectivity index (χ1v) is 11.8. The molecule has 5 heteroatoms. The standard InChI is InChI=1S/C32H32O5/c1-9-34-28-14-13-24(19-29(28)35-10-2)30(25-15-20(5)31(36-11-3)21(6)16-25)26-17-22(7)32(37-12-4)27(18-26)23(8)33/h9-19,30H,1-4H2,5-8H3. The summed E-state index contributed by atoms with van der Waals surface area (Å²) in [6.45, 7) is 22.1. The van der Waals surface area contributed by atoms with Crippen molar-refractivity contribution < 1.29 is 23.7 Å². The largest absolute Gasteiger partial charge is 0.465 e. The van der Waals surface area contributed by atoms with Gasteiger partial charge in [-0.05, 0) is 79.3 Å². The molecule has 0 aliphatic rings. The van der Waals surface area contributed by atoms with E-state index in [1.165, 1.54) is 32.0 Å². The van der Waals surface area contributed by atoms with E-state index in [-0.39, 0.29) is 11.7 Å². The van der Waals surface area contributed by atoms with Gasteiger partial charge in [0.25, 0.3) is 0 Å². The molecule has 0 heterocycles. The number of carbonyl (C=O) groups excluding carboxylic acids is 1. The van der Waals surface area contributed by atoms with E-state index in [1.54, 1.807) is 0 Å². The van der Waals surface area contributed by atoms with Crippen LogP contribution in [0.2, 0.25) is 0 Å². The summed E-state index contributed by atoms with van der Waals surface area (Å²) in [5, 5.41) is 0. The molecular formula is C32H32O5. The van der Waals surface area contributed by atoms with Gasteiger partial charge in [0.05, 0.1) is 30.6 Å². The topological polar surface area (TPSA) is 54.0 Å². The summed E-state index contributed by atoms with van der Waals surface area (Å²) < 4.78 is 22.5. The van der Waals surface area contributed by atoms with Crippen LogP contribution in [0.15, 0.2) is 93.8 Å². The predicted octanol–water partition coefficient (Wildman–Crippen LogP) is 8.08. The van der Waals surface area contributed by atoms with Gasteiger partial charge in [-0.15, -0.1) is 0 Å². The fraction of sp³-hybridized carbons (Fsp3) is 0.156. The molecule has 1 atom stereocenters. The molecule has 37 heavy (non-hydrogen) atoms. The minimum atomic E-state index is -0.255. The van der Waals surface area contributed by atoms with E-state index in [1.807, 2.05) is 51.1 Å². The van der Waals surface area contributed by atoms with Gasteiger partial charge in [0.15, 0.2) is 17.3 Å². The van der Waals surface area contributed by atoms with Gasteiger partial charge in [-0.2, -0.15) is 0 Å². The number of benzene rings is 3. The minimum absolute atomic E-state index is 0.104. The Kier molecular flexibility index (Phi) is 8.75. The number of rotatable bonds is 12. The molecule has 0 aromatic heterocycles. The zero-order chi connectivity index (χ0) is 27.1. The SMILES string of the molecule is C=COc1ccc(C(c2cc(C)c(OC=C)c(C)c2)c2cc(C)c(OC=C)c(C(C)=O)c2)cc1OC=C. The van der Waals surface area contributed by atoms with Crippen LogP contribution in [-0.4, -0.2) is 5.78 Å². The van der Waals surface area contributed by atoms with E-state index in [2.05, 4.69) is 38.4 Å². The smallest absolute Gasteiger partial charge is 0.169 e. The first-order chi connectivity index (χ1) is 17.7. The maximum atomic E-state index is 12.6. The minimum Gasteiger partial charge on any atom is -0.465 e. The Balaban J connectivity index is 2.34. The zero-order valence-electron chi connectivity index (χ0n) is 21.8. The van der Waals surface area contributed by atoms with Crippen molar-refractivity contribution in [3.63, 3.8) is 0 Å². The molecule has 0 amide bonds. The molecule has 3 aromatic carbocycles. The monoisotopic (exact) mass is 496 g/mol. The van der Waals surface area contributed by atoms with Crippen LogP contribution in [0.5, 0.6) is 23.0 Å². The van der Waals surface area contributed by atoms with Crippen LogP contribution < -0.4 is 18.9 Å². The van der Waals surface area contributed by atoms with Gasteiger partial charge in [0.2, 0.25) is 0 Å². The van der Waals surface area contributed by atoms with Gasteiger partial charge in [-0.3, -0.25) is 4.79 Å². The number of ether oxygens (including phenoxy) is 4. The molecule has 0 spiro atoms. The Hall–Kier alpha value is -4.51. The van der Waals surface area contributed by atoms with Crippen LogP contribution in [0, 0.1) is 20.8 Å². The molecule has 0 bridgehead atoms. The number of aryl methyl sites for hydroxylation is 3. The van der Waals surface area contributed by atoms with Crippen molar-refractivity contribution in [1.82, 2.24) is 0 Å². The molecule has 3 rings (SSSR count). The van der Waals surface area contributed by atoms with E-state index in [4.69, 9.17) is 18.9 Å². The number of Topliss-reactive ketones (excluding diaryl/α,β-unsaturated/α-hetero) is 1. The second-order valence-corrected chi connectivity index (χ2v) is 8.53. The Morgan fingerprint density at radius 2 is 1.14 bits per heavy atom.